The molecule has 0 saturated carbocycles. The maximum atomic E-state index is 12.4. The highest BCUT2D eigenvalue weighted by molar-refractivity contribution is 5.97. The second kappa shape index (κ2) is 6.95. The van der Waals surface area contributed by atoms with Gasteiger partial charge in [0.25, 0.3) is 11.5 Å². The van der Waals surface area contributed by atoms with E-state index in [1.54, 1.807) is 14.2 Å². The van der Waals surface area contributed by atoms with Gasteiger partial charge in [0.2, 0.25) is 0 Å². The number of ether oxygens (including phenoxy) is 2. The number of H-pyrrole nitrogens is 2. The Morgan fingerprint density at radius 2 is 2.00 bits per heavy atom. The highest BCUT2D eigenvalue weighted by Gasteiger charge is 2.26. The minimum absolute atomic E-state index is 0.157. The van der Waals surface area contributed by atoms with Gasteiger partial charge >= 0.3 is 5.69 Å². The van der Waals surface area contributed by atoms with Crippen molar-refractivity contribution in [2.75, 3.05) is 20.0 Å². The molecule has 0 fully saturated rings. The average Bonchev–Trinajstić information content (AvgIpc) is 2.63. The van der Waals surface area contributed by atoms with E-state index in [0.717, 1.165) is 11.1 Å². The molecule has 1 amide bonds. The highest BCUT2D eigenvalue weighted by Crippen LogP contribution is 2.37. The summed E-state index contributed by atoms with van der Waals surface area (Å²) in [5, 5.41) is 2.82. The molecule has 1 aliphatic rings. The molecule has 0 spiro atoms. The SMILES string of the molecule is COc1ccc2c(c1OC)CCC(NC(=O)c1[nH]c(=O)[nH]c(=O)c1N)C2. The molecule has 3 rings (SSSR count). The number of rotatable bonds is 4. The van der Waals surface area contributed by atoms with Crippen LogP contribution >= 0.6 is 0 Å². The van der Waals surface area contributed by atoms with Crippen molar-refractivity contribution in [3.63, 3.8) is 0 Å². The smallest absolute Gasteiger partial charge is 0.326 e. The van der Waals surface area contributed by atoms with Crippen molar-refractivity contribution in [3.05, 3.63) is 49.8 Å². The van der Waals surface area contributed by atoms with Crippen molar-refractivity contribution >= 4 is 11.6 Å². The quantitative estimate of drug-likeness (QED) is 0.603. The Kier molecular flexibility index (Phi) is 4.70. The van der Waals surface area contributed by atoms with E-state index in [4.69, 9.17) is 15.2 Å². The van der Waals surface area contributed by atoms with E-state index in [2.05, 4.69) is 10.3 Å². The molecule has 2 aromatic rings. The molecule has 5 N–H and O–H groups in total. The van der Waals surface area contributed by atoms with Crippen LogP contribution in [0.5, 0.6) is 11.5 Å². The molecule has 138 valence electrons. The first-order valence-electron chi connectivity index (χ1n) is 8.10. The Balaban J connectivity index is 1.81. The van der Waals surface area contributed by atoms with Crippen LogP contribution in [0.4, 0.5) is 5.69 Å². The van der Waals surface area contributed by atoms with Crippen LogP contribution in [-0.4, -0.2) is 36.1 Å². The van der Waals surface area contributed by atoms with E-state index in [1.165, 1.54) is 0 Å². The molecule has 1 aliphatic carbocycles. The first-order chi connectivity index (χ1) is 12.4. The fraction of sp³-hybridized carbons (Fsp3) is 0.353. The zero-order valence-corrected chi connectivity index (χ0v) is 14.5. The summed E-state index contributed by atoms with van der Waals surface area (Å²) in [5.74, 6) is 0.792. The fourth-order valence-corrected chi connectivity index (χ4v) is 3.24. The molecule has 1 unspecified atom stereocenters. The van der Waals surface area contributed by atoms with Crippen molar-refractivity contribution < 1.29 is 14.3 Å². The van der Waals surface area contributed by atoms with E-state index in [-0.39, 0.29) is 17.4 Å². The molecule has 1 aromatic carbocycles. The first-order valence-corrected chi connectivity index (χ1v) is 8.10. The van der Waals surface area contributed by atoms with Gasteiger partial charge in [0, 0.05) is 11.6 Å². The third-order valence-electron chi connectivity index (χ3n) is 4.50. The van der Waals surface area contributed by atoms with E-state index >= 15 is 0 Å². The summed E-state index contributed by atoms with van der Waals surface area (Å²) in [5.41, 5.74) is 5.60. The standard InChI is InChI=1S/C17H20N4O5/c1-25-11-6-3-8-7-9(4-5-10(8)14(11)26-2)19-16(23)13-12(18)15(22)21-17(24)20-13/h3,6,9H,4-5,7,18H2,1-2H3,(H,19,23)(H2,20,21,22,24). The molecule has 1 aromatic heterocycles. The molecule has 1 atom stereocenters. The lowest BCUT2D eigenvalue weighted by molar-refractivity contribution is 0.0929. The number of aromatic amines is 2. The van der Waals surface area contributed by atoms with E-state index in [1.807, 2.05) is 17.1 Å². The van der Waals surface area contributed by atoms with Crippen molar-refractivity contribution in [3.8, 4) is 11.5 Å². The van der Waals surface area contributed by atoms with Gasteiger partial charge in [0.1, 0.15) is 11.4 Å². The number of nitrogens with one attached hydrogen (secondary N) is 3. The predicted molar refractivity (Wildman–Crippen MR) is 94.9 cm³/mol. The van der Waals surface area contributed by atoms with Crippen LogP contribution in [0.1, 0.15) is 28.0 Å². The van der Waals surface area contributed by atoms with Crippen LogP contribution in [0.2, 0.25) is 0 Å². The minimum atomic E-state index is -0.787. The zero-order chi connectivity index (χ0) is 18.8. The van der Waals surface area contributed by atoms with Gasteiger partial charge < -0.3 is 25.5 Å². The molecule has 0 saturated heterocycles. The number of nitrogens with two attached hydrogens (primary N) is 1. The van der Waals surface area contributed by atoms with Gasteiger partial charge in [-0.05, 0) is 30.9 Å². The van der Waals surface area contributed by atoms with Gasteiger partial charge in [-0.3, -0.25) is 14.6 Å². The number of amides is 1. The minimum Gasteiger partial charge on any atom is -0.493 e. The van der Waals surface area contributed by atoms with E-state index in [0.29, 0.717) is 30.8 Å². The lowest BCUT2D eigenvalue weighted by Crippen LogP contribution is -2.41. The van der Waals surface area contributed by atoms with E-state index < -0.39 is 17.2 Å². The number of carbonyl (C=O) groups excluding carboxylic acids is 1. The van der Waals surface area contributed by atoms with Crippen molar-refractivity contribution in [1.29, 1.82) is 0 Å². The molecule has 0 aliphatic heterocycles. The summed E-state index contributed by atoms with van der Waals surface area (Å²) in [6.45, 7) is 0. The van der Waals surface area contributed by atoms with Crippen LogP contribution < -0.4 is 31.8 Å². The maximum Gasteiger partial charge on any atom is 0.326 e. The number of carbonyl (C=O) groups is 1. The van der Waals surface area contributed by atoms with Crippen molar-refractivity contribution in [2.24, 2.45) is 0 Å². The molecular formula is C17H20N4O5. The summed E-state index contributed by atoms with van der Waals surface area (Å²) in [4.78, 5) is 39.6. The Morgan fingerprint density at radius 3 is 2.69 bits per heavy atom. The van der Waals surface area contributed by atoms with Crippen LogP contribution in [0.25, 0.3) is 0 Å². The Bertz CT molecular complexity index is 963. The Hall–Kier alpha value is -3.23. The number of fused-ring (bicyclic) bond motifs is 1. The van der Waals surface area contributed by atoms with Gasteiger partial charge in [-0.25, -0.2) is 4.79 Å². The maximum absolute atomic E-state index is 12.4. The van der Waals surface area contributed by atoms with E-state index in [9.17, 15) is 14.4 Å². The van der Waals surface area contributed by atoms with Crippen molar-refractivity contribution in [1.82, 2.24) is 15.3 Å². The second-order valence-corrected chi connectivity index (χ2v) is 6.05. The fourth-order valence-electron chi connectivity index (χ4n) is 3.24. The topological polar surface area (TPSA) is 139 Å². The lowest BCUT2D eigenvalue weighted by Gasteiger charge is -2.27. The lowest BCUT2D eigenvalue weighted by atomic mass is 9.87. The Morgan fingerprint density at radius 1 is 1.23 bits per heavy atom. The van der Waals surface area contributed by atoms with Crippen LogP contribution in [0.3, 0.4) is 0 Å². The number of hydrogen-bond donors (Lipinski definition) is 4. The molecule has 0 radical (unpaired) electrons. The summed E-state index contributed by atoms with van der Waals surface area (Å²) in [7, 11) is 3.18. The van der Waals surface area contributed by atoms with Gasteiger partial charge in [-0.15, -0.1) is 0 Å². The Labute approximate surface area is 148 Å². The number of benzene rings is 1. The first kappa shape index (κ1) is 17.6. The summed E-state index contributed by atoms with van der Waals surface area (Å²) >= 11 is 0. The second-order valence-electron chi connectivity index (χ2n) is 6.05. The number of nitrogen functional groups attached to an aromatic ring is 1. The highest BCUT2D eigenvalue weighted by atomic mass is 16.5. The number of hydrogen-bond acceptors (Lipinski definition) is 6. The third-order valence-corrected chi connectivity index (χ3v) is 4.50. The third kappa shape index (κ3) is 3.15. The molecule has 26 heavy (non-hydrogen) atoms. The predicted octanol–water partition coefficient (Wildman–Crippen LogP) is -0.0501. The average molecular weight is 360 g/mol. The molecule has 9 heteroatoms. The monoisotopic (exact) mass is 360 g/mol. The number of anilines is 1. The van der Waals surface area contributed by atoms with Gasteiger partial charge in [-0.2, -0.15) is 0 Å². The summed E-state index contributed by atoms with van der Waals surface area (Å²) in [6, 6.07) is 3.61. The van der Waals surface area contributed by atoms with Gasteiger partial charge in [0.15, 0.2) is 11.5 Å². The van der Waals surface area contributed by atoms with Gasteiger partial charge in [-0.1, -0.05) is 6.07 Å². The zero-order valence-electron chi connectivity index (χ0n) is 14.5. The normalized spacial score (nSPS) is 15.8. The van der Waals surface area contributed by atoms with Gasteiger partial charge in [0.05, 0.1) is 14.2 Å². The molecule has 0 bridgehead atoms. The van der Waals surface area contributed by atoms with Crippen molar-refractivity contribution in [2.45, 2.75) is 25.3 Å². The number of aromatic nitrogens is 2. The van der Waals surface area contributed by atoms with Crippen LogP contribution in [0, 0.1) is 0 Å². The number of methoxy groups -OCH3 is 2. The molecule has 9 nitrogen and oxygen atoms in total. The summed E-state index contributed by atoms with van der Waals surface area (Å²) in [6.07, 6.45) is 1.96. The largest absolute Gasteiger partial charge is 0.493 e. The summed E-state index contributed by atoms with van der Waals surface area (Å²) < 4.78 is 10.8. The molecule has 1 heterocycles. The van der Waals surface area contributed by atoms with Crippen LogP contribution in [-0.2, 0) is 12.8 Å². The van der Waals surface area contributed by atoms with Crippen LogP contribution in [0.15, 0.2) is 21.7 Å². The molecular weight excluding hydrogens is 340 g/mol.